The smallest absolute Gasteiger partial charge is 0.270 e. The molecule has 0 amide bonds. The SMILES string of the molecule is CC(CNc1ccc([N+](=O)[O-])cc1C#N)Sc1ccccc1. The van der Waals surface area contributed by atoms with Gasteiger partial charge < -0.3 is 5.32 Å². The molecule has 2 aromatic carbocycles. The monoisotopic (exact) mass is 313 g/mol. The van der Waals surface area contributed by atoms with Gasteiger partial charge in [-0.1, -0.05) is 25.1 Å². The number of hydrogen-bond acceptors (Lipinski definition) is 5. The lowest BCUT2D eigenvalue weighted by atomic mass is 10.1. The van der Waals surface area contributed by atoms with Gasteiger partial charge in [-0.2, -0.15) is 5.26 Å². The third-order valence-corrected chi connectivity index (χ3v) is 4.11. The Morgan fingerprint density at radius 2 is 2.05 bits per heavy atom. The van der Waals surface area contributed by atoms with Gasteiger partial charge in [0.15, 0.2) is 0 Å². The molecule has 0 aliphatic carbocycles. The maximum atomic E-state index is 10.7. The summed E-state index contributed by atoms with van der Waals surface area (Å²) in [5, 5.41) is 23.3. The van der Waals surface area contributed by atoms with Crippen LogP contribution in [0.3, 0.4) is 0 Å². The van der Waals surface area contributed by atoms with Gasteiger partial charge in [0.1, 0.15) is 6.07 Å². The highest BCUT2D eigenvalue weighted by Gasteiger charge is 2.11. The Hall–Kier alpha value is -2.52. The Bertz CT molecular complexity index is 698. The molecule has 0 heterocycles. The molecular weight excluding hydrogens is 298 g/mol. The predicted molar refractivity (Wildman–Crippen MR) is 88.1 cm³/mol. The molecule has 0 bridgehead atoms. The van der Waals surface area contributed by atoms with Crippen LogP contribution in [-0.4, -0.2) is 16.7 Å². The van der Waals surface area contributed by atoms with Crippen LogP contribution in [0.2, 0.25) is 0 Å². The Labute approximate surface area is 133 Å². The van der Waals surface area contributed by atoms with Gasteiger partial charge in [-0.15, -0.1) is 11.8 Å². The molecule has 0 saturated heterocycles. The van der Waals surface area contributed by atoms with E-state index in [1.54, 1.807) is 17.8 Å². The first-order valence-corrected chi connectivity index (χ1v) is 7.62. The minimum absolute atomic E-state index is 0.0752. The Kier molecular flexibility index (Phi) is 5.39. The van der Waals surface area contributed by atoms with E-state index in [1.165, 1.54) is 17.0 Å². The number of thioether (sulfide) groups is 1. The third-order valence-electron chi connectivity index (χ3n) is 2.99. The Morgan fingerprint density at radius 1 is 1.32 bits per heavy atom. The number of benzene rings is 2. The van der Waals surface area contributed by atoms with Crippen LogP contribution < -0.4 is 5.32 Å². The summed E-state index contributed by atoms with van der Waals surface area (Å²) in [5.41, 5.74) is 0.827. The molecule has 2 aromatic rings. The molecule has 0 saturated carbocycles. The second kappa shape index (κ2) is 7.48. The van der Waals surface area contributed by atoms with Crippen molar-refractivity contribution in [2.75, 3.05) is 11.9 Å². The van der Waals surface area contributed by atoms with Gasteiger partial charge in [-0.25, -0.2) is 0 Å². The molecule has 5 nitrogen and oxygen atoms in total. The summed E-state index contributed by atoms with van der Waals surface area (Å²) in [6, 6.07) is 16.3. The van der Waals surface area contributed by atoms with E-state index in [2.05, 4.69) is 12.2 Å². The zero-order valence-electron chi connectivity index (χ0n) is 12.0. The second-order valence-electron chi connectivity index (χ2n) is 4.72. The molecule has 0 fully saturated rings. The molecule has 1 N–H and O–H groups in total. The molecular formula is C16H15N3O2S. The number of nitriles is 1. The van der Waals surface area contributed by atoms with E-state index < -0.39 is 4.92 Å². The van der Waals surface area contributed by atoms with Crippen molar-refractivity contribution in [1.82, 2.24) is 0 Å². The standard InChI is InChI=1S/C16H15N3O2S/c1-12(22-15-5-3-2-4-6-15)11-18-16-8-7-14(19(20)21)9-13(16)10-17/h2-9,12,18H,11H2,1H3. The van der Waals surface area contributed by atoms with Crippen molar-refractivity contribution in [2.45, 2.75) is 17.1 Å². The topological polar surface area (TPSA) is 79.0 Å². The third kappa shape index (κ3) is 4.24. The average Bonchev–Trinajstić information content (AvgIpc) is 2.53. The van der Waals surface area contributed by atoms with E-state index in [0.717, 1.165) is 0 Å². The van der Waals surface area contributed by atoms with Crippen LogP contribution in [0, 0.1) is 21.4 Å². The van der Waals surface area contributed by atoms with E-state index in [4.69, 9.17) is 5.26 Å². The number of hydrogen-bond donors (Lipinski definition) is 1. The fourth-order valence-corrected chi connectivity index (χ4v) is 2.86. The van der Waals surface area contributed by atoms with Crippen LogP contribution in [0.15, 0.2) is 53.4 Å². The lowest BCUT2D eigenvalue weighted by molar-refractivity contribution is -0.384. The highest BCUT2D eigenvalue weighted by atomic mass is 32.2. The number of nitrogens with one attached hydrogen (secondary N) is 1. The first kappa shape index (κ1) is 15.9. The molecule has 112 valence electrons. The van der Waals surface area contributed by atoms with Gasteiger partial charge in [0.25, 0.3) is 5.69 Å². The second-order valence-corrected chi connectivity index (χ2v) is 6.23. The summed E-state index contributed by atoms with van der Waals surface area (Å²) in [6.45, 7) is 2.74. The molecule has 22 heavy (non-hydrogen) atoms. The van der Waals surface area contributed by atoms with E-state index in [1.807, 2.05) is 36.4 Å². The normalized spacial score (nSPS) is 11.5. The molecule has 0 radical (unpaired) electrons. The zero-order chi connectivity index (χ0) is 15.9. The number of non-ortho nitro benzene ring substituents is 1. The molecule has 2 rings (SSSR count). The van der Waals surface area contributed by atoms with Gasteiger partial charge in [-0.3, -0.25) is 10.1 Å². The lowest BCUT2D eigenvalue weighted by Crippen LogP contribution is -2.13. The first-order chi connectivity index (χ1) is 10.6. The minimum Gasteiger partial charge on any atom is -0.383 e. The highest BCUT2D eigenvalue weighted by Crippen LogP contribution is 2.25. The van der Waals surface area contributed by atoms with E-state index in [-0.39, 0.29) is 11.3 Å². The Balaban J connectivity index is 1.99. The number of nitrogens with zero attached hydrogens (tertiary/aromatic N) is 2. The van der Waals surface area contributed by atoms with Crippen LogP contribution in [0.25, 0.3) is 0 Å². The van der Waals surface area contributed by atoms with Crippen molar-refractivity contribution in [3.63, 3.8) is 0 Å². The number of rotatable bonds is 6. The number of nitro benzene ring substituents is 1. The summed E-state index contributed by atoms with van der Waals surface area (Å²) in [7, 11) is 0. The van der Waals surface area contributed by atoms with Gasteiger partial charge in [0.2, 0.25) is 0 Å². The largest absolute Gasteiger partial charge is 0.383 e. The lowest BCUT2D eigenvalue weighted by Gasteiger charge is -2.14. The van der Waals surface area contributed by atoms with Crippen molar-refractivity contribution < 1.29 is 4.92 Å². The number of nitro groups is 1. The van der Waals surface area contributed by atoms with Gasteiger partial charge in [0, 0.05) is 28.8 Å². The van der Waals surface area contributed by atoms with Crippen LogP contribution in [0.5, 0.6) is 0 Å². The predicted octanol–water partition coefficient (Wildman–Crippen LogP) is 4.06. The average molecular weight is 313 g/mol. The molecule has 1 unspecified atom stereocenters. The molecule has 0 aliphatic rings. The van der Waals surface area contributed by atoms with Crippen LogP contribution in [0.1, 0.15) is 12.5 Å². The maximum Gasteiger partial charge on any atom is 0.270 e. The van der Waals surface area contributed by atoms with Crippen molar-refractivity contribution in [3.8, 4) is 6.07 Å². The van der Waals surface area contributed by atoms with Crippen LogP contribution in [-0.2, 0) is 0 Å². The van der Waals surface area contributed by atoms with Crippen molar-refractivity contribution in [2.24, 2.45) is 0 Å². The zero-order valence-corrected chi connectivity index (χ0v) is 12.8. The molecule has 6 heteroatoms. The molecule has 0 aliphatic heterocycles. The van der Waals surface area contributed by atoms with Gasteiger partial charge in [-0.05, 0) is 18.2 Å². The molecule has 1 atom stereocenters. The maximum absolute atomic E-state index is 10.7. The summed E-state index contributed by atoms with van der Waals surface area (Å²) in [6.07, 6.45) is 0. The van der Waals surface area contributed by atoms with Crippen LogP contribution >= 0.6 is 11.8 Å². The number of anilines is 1. The van der Waals surface area contributed by atoms with E-state index in [0.29, 0.717) is 17.5 Å². The summed E-state index contributed by atoms with van der Waals surface area (Å²) < 4.78 is 0. The minimum atomic E-state index is -0.501. The summed E-state index contributed by atoms with van der Waals surface area (Å²) in [5.74, 6) is 0. The van der Waals surface area contributed by atoms with Crippen molar-refractivity contribution in [3.05, 3.63) is 64.2 Å². The molecule has 0 spiro atoms. The highest BCUT2D eigenvalue weighted by molar-refractivity contribution is 8.00. The van der Waals surface area contributed by atoms with Gasteiger partial charge in [0.05, 0.1) is 16.2 Å². The van der Waals surface area contributed by atoms with Gasteiger partial charge >= 0.3 is 0 Å². The van der Waals surface area contributed by atoms with Crippen LogP contribution in [0.4, 0.5) is 11.4 Å². The Morgan fingerprint density at radius 3 is 2.68 bits per heavy atom. The fourth-order valence-electron chi connectivity index (χ4n) is 1.92. The van der Waals surface area contributed by atoms with E-state index in [9.17, 15) is 10.1 Å². The van der Waals surface area contributed by atoms with E-state index >= 15 is 0 Å². The van der Waals surface area contributed by atoms with Crippen molar-refractivity contribution >= 4 is 23.1 Å². The summed E-state index contributed by atoms with van der Waals surface area (Å²) in [4.78, 5) is 11.4. The quantitative estimate of drug-likeness (QED) is 0.494. The summed E-state index contributed by atoms with van der Waals surface area (Å²) >= 11 is 1.73. The first-order valence-electron chi connectivity index (χ1n) is 6.74. The van der Waals surface area contributed by atoms with Crippen molar-refractivity contribution in [1.29, 1.82) is 5.26 Å². The fraction of sp³-hybridized carbons (Fsp3) is 0.188. The molecule has 0 aromatic heterocycles.